The summed E-state index contributed by atoms with van der Waals surface area (Å²) in [7, 11) is 0. The first-order chi connectivity index (χ1) is 20.3. The molecule has 2 aliphatic heterocycles. The molecule has 0 radical (unpaired) electrons. The second kappa shape index (κ2) is 11.9. The minimum absolute atomic E-state index is 0.0748. The van der Waals surface area contributed by atoms with Crippen molar-refractivity contribution in [3.63, 3.8) is 0 Å². The molecule has 4 heterocycles. The molecule has 2 aromatic carbocycles. The van der Waals surface area contributed by atoms with E-state index in [1.807, 2.05) is 71.8 Å². The van der Waals surface area contributed by atoms with Gasteiger partial charge >= 0.3 is 0 Å². The standard InChI is InChI=1S/C32H38ClN7O2/c1-23(2)22-37-18-20-39(21-19-37)30(41)24-5-11-27(12-6-24)34-31-35-29-28(4-3-15-40(29)36-31)38-16-13-32(42,14-17-38)25-7-9-26(33)10-8-25/h3-12,15,23,42H,13-14,16-22H2,1-2H3,(H,34,36). The van der Waals surface area contributed by atoms with E-state index in [9.17, 15) is 9.90 Å². The van der Waals surface area contributed by atoms with E-state index in [1.165, 1.54) is 0 Å². The van der Waals surface area contributed by atoms with E-state index in [4.69, 9.17) is 16.6 Å². The average molecular weight is 588 g/mol. The summed E-state index contributed by atoms with van der Waals surface area (Å²) >= 11 is 6.05. The Labute approximate surface area is 251 Å². The van der Waals surface area contributed by atoms with E-state index in [-0.39, 0.29) is 5.91 Å². The lowest BCUT2D eigenvalue weighted by Gasteiger charge is -2.39. The molecule has 0 bridgehead atoms. The zero-order valence-corrected chi connectivity index (χ0v) is 25.0. The summed E-state index contributed by atoms with van der Waals surface area (Å²) in [5.41, 5.74) is 3.26. The van der Waals surface area contributed by atoms with Gasteiger partial charge in [0.2, 0.25) is 5.95 Å². The van der Waals surface area contributed by atoms with Gasteiger partial charge in [0.25, 0.3) is 5.91 Å². The summed E-state index contributed by atoms with van der Waals surface area (Å²) in [6, 6.07) is 19.0. The number of piperazine rings is 1. The van der Waals surface area contributed by atoms with Gasteiger partial charge in [-0.15, -0.1) is 5.10 Å². The van der Waals surface area contributed by atoms with Crippen LogP contribution in [0.1, 0.15) is 42.6 Å². The number of halogens is 1. The molecule has 2 aliphatic rings. The second-order valence-electron chi connectivity index (χ2n) is 11.8. The van der Waals surface area contributed by atoms with Gasteiger partial charge in [-0.05, 0) is 72.9 Å². The number of hydrogen-bond donors (Lipinski definition) is 2. The van der Waals surface area contributed by atoms with Crippen molar-refractivity contribution in [1.82, 2.24) is 24.4 Å². The van der Waals surface area contributed by atoms with Crippen molar-refractivity contribution in [3.8, 4) is 0 Å². The minimum Gasteiger partial charge on any atom is -0.385 e. The number of carbonyl (C=O) groups excluding carboxylic acids is 1. The zero-order valence-electron chi connectivity index (χ0n) is 24.2. The van der Waals surface area contributed by atoms with Crippen LogP contribution in [0.5, 0.6) is 0 Å². The normalized spacial score (nSPS) is 17.6. The molecule has 1 amide bonds. The van der Waals surface area contributed by atoms with Gasteiger partial charge in [-0.25, -0.2) is 4.52 Å². The summed E-state index contributed by atoms with van der Waals surface area (Å²) in [5, 5.41) is 19.9. The number of anilines is 3. The van der Waals surface area contributed by atoms with Gasteiger partial charge in [0.15, 0.2) is 5.65 Å². The van der Waals surface area contributed by atoms with Gasteiger partial charge in [-0.1, -0.05) is 37.6 Å². The first kappa shape index (κ1) is 28.5. The highest BCUT2D eigenvalue weighted by Crippen LogP contribution is 2.36. The van der Waals surface area contributed by atoms with E-state index in [0.717, 1.165) is 55.3 Å². The fourth-order valence-electron chi connectivity index (χ4n) is 6.02. The monoisotopic (exact) mass is 587 g/mol. The Hall–Kier alpha value is -3.66. The minimum atomic E-state index is -0.873. The molecule has 0 spiro atoms. The first-order valence-corrected chi connectivity index (χ1v) is 15.1. The van der Waals surface area contributed by atoms with Crippen molar-refractivity contribution in [2.75, 3.05) is 56.0 Å². The van der Waals surface area contributed by atoms with E-state index >= 15 is 0 Å². The van der Waals surface area contributed by atoms with Crippen LogP contribution in [0.4, 0.5) is 17.3 Å². The molecule has 10 heteroatoms. The van der Waals surface area contributed by atoms with Crippen molar-refractivity contribution in [2.24, 2.45) is 5.92 Å². The number of amides is 1. The highest BCUT2D eigenvalue weighted by Gasteiger charge is 2.34. The topological polar surface area (TPSA) is 89.2 Å². The number of pyridine rings is 1. The number of aliphatic hydroxyl groups is 1. The number of hydrogen-bond acceptors (Lipinski definition) is 7. The Balaban J connectivity index is 1.09. The van der Waals surface area contributed by atoms with E-state index in [0.29, 0.717) is 48.4 Å². The maximum atomic E-state index is 13.1. The third-order valence-corrected chi connectivity index (χ3v) is 8.58. The first-order valence-electron chi connectivity index (χ1n) is 14.7. The van der Waals surface area contributed by atoms with Crippen LogP contribution in [0.3, 0.4) is 0 Å². The Morgan fingerprint density at radius 2 is 1.67 bits per heavy atom. The lowest BCUT2D eigenvalue weighted by Crippen LogP contribution is -2.49. The fourth-order valence-corrected chi connectivity index (χ4v) is 6.14. The van der Waals surface area contributed by atoms with Crippen LogP contribution >= 0.6 is 11.6 Å². The number of piperidine rings is 1. The van der Waals surface area contributed by atoms with Crippen molar-refractivity contribution in [2.45, 2.75) is 32.3 Å². The number of aromatic nitrogens is 3. The molecule has 42 heavy (non-hydrogen) atoms. The van der Waals surface area contributed by atoms with Crippen molar-refractivity contribution in [3.05, 3.63) is 83.0 Å². The summed E-state index contributed by atoms with van der Waals surface area (Å²) < 4.78 is 1.77. The van der Waals surface area contributed by atoms with Crippen LogP contribution in [0.2, 0.25) is 5.02 Å². The number of nitrogens with one attached hydrogen (secondary N) is 1. The highest BCUT2D eigenvalue weighted by atomic mass is 35.5. The van der Waals surface area contributed by atoms with Crippen molar-refractivity contribution < 1.29 is 9.90 Å². The highest BCUT2D eigenvalue weighted by molar-refractivity contribution is 6.30. The fraction of sp³-hybridized carbons (Fsp3) is 0.406. The number of carbonyl (C=O) groups is 1. The molecule has 9 nitrogen and oxygen atoms in total. The number of fused-ring (bicyclic) bond motifs is 1. The molecule has 2 saturated heterocycles. The van der Waals surface area contributed by atoms with Crippen LogP contribution in [0.25, 0.3) is 5.65 Å². The molecule has 0 unspecified atom stereocenters. The van der Waals surface area contributed by atoms with Gasteiger partial charge < -0.3 is 20.2 Å². The number of nitrogens with zero attached hydrogens (tertiary/aromatic N) is 6. The van der Waals surface area contributed by atoms with Crippen LogP contribution < -0.4 is 10.2 Å². The third-order valence-electron chi connectivity index (χ3n) is 8.33. The largest absolute Gasteiger partial charge is 0.385 e. The molecule has 0 atom stereocenters. The Kier molecular flexibility index (Phi) is 8.07. The summed E-state index contributed by atoms with van der Waals surface area (Å²) in [4.78, 5) is 24.5. The molecule has 0 aliphatic carbocycles. The third kappa shape index (κ3) is 6.09. The Morgan fingerprint density at radius 1 is 0.976 bits per heavy atom. The number of rotatable bonds is 7. The van der Waals surface area contributed by atoms with Crippen molar-refractivity contribution in [1.29, 1.82) is 0 Å². The summed E-state index contributed by atoms with van der Waals surface area (Å²) in [6.07, 6.45) is 3.09. The van der Waals surface area contributed by atoms with Gasteiger partial charge in [0, 0.05) is 68.3 Å². The summed E-state index contributed by atoms with van der Waals surface area (Å²) in [6.45, 7) is 10.3. The van der Waals surface area contributed by atoms with E-state index < -0.39 is 5.60 Å². The van der Waals surface area contributed by atoms with Gasteiger partial charge in [-0.3, -0.25) is 9.69 Å². The molecule has 2 aromatic heterocycles. The maximum Gasteiger partial charge on any atom is 0.253 e. The molecular weight excluding hydrogens is 550 g/mol. The quantitative estimate of drug-likeness (QED) is 0.313. The van der Waals surface area contributed by atoms with Crippen LogP contribution in [-0.2, 0) is 5.60 Å². The predicted octanol–water partition coefficient (Wildman–Crippen LogP) is 5.03. The molecular formula is C32H38ClN7O2. The van der Waals surface area contributed by atoms with E-state index in [1.54, 1.807) is 4.52 Å². The van der Waals surface area contributed by atoms with E-state index in [2.05, 4.69) is 34.1 Å². The average Bonchev–Trinajstić information content (AvgIpc) is 3.41. The van der Waals surface area contributed by atoms with Crippen LogP contribution in [0, 0.1) is 5.92 Å². The lowest BCUT2D eigenvalue weighted by molar-refractivity contribution is 0.0118. The molecule has 2 fully saturated rings. The Bertz CT molecular complexity index is 1520. The molecule has 220 valence electrons. The SMILES string of the molecule is CC(C)CN1CCN(C(=O)c2ccc(Nc3nc4c(N5CCC(O)(c6ccc(Cl)cc6)CC5)cccn4n3)cc2)CC1. The Morgan fingerprint density at radius 3 is 2.33 bits per heavy atom. The molecule has 6 rings (SSSR count). The maximum absolute atomic E-state index is 13.1. The molecule has 2 N–H and O–H groups in total. The lowest BCUT2D eigenvalue weighted by atomic mass is 9.84. The summed E-state index contributed by atoms with van der Waals surface area (Å²) in [5.74, 6) is 1.19. The smallest absolute Gasteiger partial charge is 0.253 e. The van der Waals surface area contributed by atoms with Crippen molar-refractivity contribution >= 4 is 40.5 Å². The number of benzene rings is 2. The van der Waals surface area contributed by atoms with Gasteiger partial charge in [0.05, 0.1) is 11.3 Å². The molecule has 4 aromatic rings. The van der Waals surface area contributed by atoms with Gasteiger partial charge in [0.1, 0.15) is 0 Å². The molecule has 0 saturated carbocycles. The zero-order chi connectivity index (χ0) is 29.3. The van der Waals surface area contributed by atoms with Crippen LogP contribution in [-0.4, -0.2) is 81.2 Å². The second-order valence-corrected chi connectivity index (χ2v) is 12.2. The van der Waals surface area contributed by atoms with Gasteiger partial charge in [-0.2, -0.15) is 4.98 Å². The van der Waals surface area contributed by atoms with Crippen LogP contribution in [0.15, 0.2) is 66.9 Å². The predicted molar refractivity (Wildman–Crippen MR) is 167 cm³/mol.